The minimum absolute atomic E-state index is 0.205. The molecule has 0 spiro atoms. The fraction of sp³-hybridized carbons (Fsp3) is 1.00. The van der Waals surface area contributed by atoms with Gasteiger partial charge < -0.3 is 5.73 Å². The lowest BCUT2D eigenvalue weighted by Gasteiger charge is -2.36. The van der Waals surface area contributed by atoms with Crippen molar-refractivity contribution in [2.24, 2.45) is 5.73 Å². The van der Waals surface area contributed by atoms with E-state index >= 15 is 0 Å². The van der Waals surface area contributed by atoms with Crippen molar-refractivity contribution in [1.82, 2.24) is 4.31 Å². The Labute approximate surface area is 110 Å². The van der Waals surface area contributed by atoms with Crippen LogP contribution in [-0.4, -0.2) is 57.5 Å². The van der Waals surface area contributed by atoms with Crippen LogP contribution in [-0.2, 0) is 19.9 Å². The van der Waals surface area contributed by atoms with Crippen molar-refractivity contribution in [3.63, 3.8) is 0 Å². The standard InChI is InChI=1S/C10H22N2O4S2/c1-9(11)10-5-3-4-6-12(10)18(15,16)8-7-17(2,13)14/h9-10H,3-8,11H2,1-2H3. The summed E-state index contributed by atoms with van der Waals surface area (Å²) in [6, 6.07) is -0.443. The van der Waals surface area contributed by atoms with Gasteiger partial charge in [0.15, 0.2) is 0 Å². The topological polar surface area (TPSA) is 97.5 Å². The Morgan fingerprint density at radius 3 is 2.33 bits per heavy atom. The van der Waals surface area contributed by atoms with Gasteiger partial charge in [0, 0.05) is 24.9 Å². The fourth-order valence-electron chi connectivity index (χ4n) is 2.18. The molecule has 0 bridgehead atoms. The zero-order valence-electron chi connectivity index (χ0n) is 10.9. The molecule has 0 aromatic rings. The highest BCUT2D eigenvalue weighted by molar-refractivity contribution is 7.93. The van der Waals surface area contributed by atoms with Gasteiger partial charge in [0.05, 0.1) is 11.5 Å². The molecule has 1 aliphatic heterocycles. The molecule has 1 heterocycles. The van der Waals surface area contributed by atoms with Gasteiger partial charge in [-0.1, -0.05) is 6.42 Å². The number of hydrogen-bond acceptors (Lipinski definition) is 5. The average molecular weight is 298 g/mol. The molecule has 0 radical (unpaired) electrons. The van der Waals surface area contributed by atoms with Gasteiger partial charge in [-0.25, -0.2) is 16.8 Å². The zero-order valence-corrected chi connectivity index (χ0v) is 12.5. The smallest absolute Gasteiger partial charge is 0.215 e. The summed E-state index contributed by atoms with van der Waals surface area (Å²) in [5.74, 6) is -0.688. The average Bonchev–Trinajstić information content (AvgIpc) is 2.26. The third kappa shape index (κ3) is 4.49. The van der Waals surface area contributed by atoms with Crippen LogP contribution in [0.1, 0.15) is 26.2 Å². The van der Waals surface area contributed by atoms with E-state index in [2.05, 4.69) is 0 Å². The molecule has 0 amide bonds. The van der Waals surface area contributed by atoms with Crippen molar-refractivity contribution in [3.05, 3.63) is 0 Å². The summed E-state index contributed by atoms with van der Waals surface area (Å²) >= 11 is 0. The first kappa shape index (κ1) is 15.9. The van der Waals surface area contributed by atoms with E-state index in [9.17, 15) is 16.8 Å². The van der Waals surface area contributed by atoms with Gasteiger partial charge in [-0.3, -0.25) is 0 Å². The van der Waals surface area contributed by atoms with Crippen molar-refractivity contribution in [3.8, 4) is 0 Å². The Kier molecular flexibility index (Phi) is 5.16. The van der Waals surface area contributed by atoms with Crippen LogP contribution in [0.25, 0.3) is 0 Å². The van der Waals surface area contributed by atoms with Crippen LogP contribution in [0, 0.1) is 0 Å². The molecule has 0 aliphatic carbocycles. The number of nitrogens with two attached hydrogens (primary N) is 1. The summed E-state index contributed by atoms with van der Waals surface area (Å²) in [5, 5.41) is 0. The summed E-state index contributed by atoms with van der Waals surface area (Å²) in [5.41, 5.74) is 5.81. The molecule has 1 rings (SSSR count). The first-order valence-corrected chi connectivity index (χ1v) is 9.73. The van der Waals surface area contributed by atoms with Gasteiger partial charge in [0.25, 0.3) is 0 Å². The molecular weight excluding hydrogens is 276 g/mol. The maximum Gasteiger partial charge on any atom is 0.215 e. The molecule has 108 valence electrons. The van der Waals surface area contributed by atoms with Gasteiger partial charge in [-0.05, 0) is 19.8 Å². The van der Waals surface area contributed by atoms with Crippen molar-refractivity contribution in [2.45, 2.75) is 38.3 Å². The maximum absolute atomic E-state index is 12.2. The number of nitrogens with zero attached hydrogens (tertiary/aromatic N) is 1. The fourth-order valence-corrected chi connectivity index (χ4v) is 5.58. The Bertz CT molecular complexity index is 470. The molecule has 18 heavy (non-hydrogen) atoms. The van der Waals surface area contributed by atoms with Crippen LogP contribution >= 0.6 is 0 Å². The van der Waals surface area contributed by atoms with E-state index in [0.29, 0.717) is 6.54 Å². The lowest BCUT2D eigenvalue weighted by atomic mass is 10.00. The summed E-state index contributed by atoms with van der Waals surface area (Å²) in [6.07, 6.45) is 3.56. The van der Waals surface area contributed by atoms with E-state index in [4.69, 9.17) is 5.73 Å². The van der Waals surface area contributed by atoms with Gasteiger partial charge in [-0.2, -0.15) is 4.31 Å². The molecular formula is C10H22N2O4S2. The molecule has 6 nitrogen and oxygen atoms in total. The SMILES string of the molecule is CC(N)C1CCCCN1S(=O)(=O)CCS(C)(=O)=O. The molecule has 1 aliphatic rings. The molecule has 1 saturated heterocycles. The highest BCUT2D eigenvalue weighted by Crippen LogP contribution is 2.22. The Morgan fingerprint density at radius 2 is 1.83 bits per heavy atom. The van der Waals surface area contributed by atoms with Gasteiger partial charge in [0.1, 0.15) is 9.84 Å². The minimum Gasteiger partial charge on any atom is -0.326 e. The third-order valence-corrected chi connectivity index (χ3v) is 6.27. The van der Waals surface area contributed by atoms with Crippen LogP contribution in [0.2, 0.25) is 0 Å². The number of rotatable bonds is 5. The lowest BCUT2D eigenvalue weighted by Crippen LogP contribution is -2.52. The van der Waals surface area contributed by atoms with Crippen molar-refractivity contribution < 1.29 is 16.8 Å². The highest BCUT2D eigenvalue weighted by atomic mass is 32.2. The molecule has 1 fully saturated rings. The van der Waals surface area contributed by atoms with E-state index in [1.54, 1.807) is 6.92 Å². The summed E-state index contributed by atoms with van der Waals surface area (Å²) < 4.78 is 47.8. The van der Waals surface area contributed by atoms with Crippen molar-refractivity contribution in [2.75, 3.05) is 24.3 Å². The minimum atomic E-state index is -3.54. The first-order valence-electron chi connectivity index (χ1n) is 6.06. The van der Waals surface area contributed by atoms with Crippen LogP contribution < -0.4 is 5.73 Å². The van der Waals surface area contributed by atoms with E-state index < -0.39 is 19.9 Å². The van der Waals surface area contributed by atoms with Crippen LogP contribution in [0.4, 0.5) is 0 Å². The number of piperidine rings is 1. The monoisotopic (exact) mass is 298 g/mol. The second-order valence-electron chi connectivity index (χ2n) is 4.98. The number of sulfone groups is 1. The Hall–Kier alpha value is -0.180. The normalized spacial score (nSPS) is 24.9. The molecule has 2 N–H and O–H groups in total. The largest absolute Gasteiger partial charge is 0.326 e. The predicted octanol–water partition coefficient (Wildman–Crippen LogP) is -0.437. The van der Waals surface area contributed by atoms with E-state index in [0.717, 1.165) is 25.5 Å². The third-order valence-electron chi connectivity index (χ3n) is 3.17. The van der Waals surface area contributed by atoms with Crippen molar-refractivity contribution >= 4 is 19.9 Å². The quantitative estimate of drug-likeness (QED) is 0.742. The zero-order chi connectivity index (χ0) is 14.0. The lowest BCUT2D eigenvalue weighted by molar-refractivity contribution is 0.227. The molecule has 2 atom stereocenters. The van der Waals surface area contributed by atoms with Crippen LogP contribution in [0.5, 0.6) is 0 Å². The van der Waals surface area contributed by atoms with Gasteiger partial charge >= 0.3 is 0 Å². The molecule has 2 unspecified atom stereocenters. The predicted molar refractivity (Wildman–Crippen MR) is 71.5 cm³/mol. The Morgan fingerprint density at radius 1 is 1.22 bits per heavy atom. The van der Waals surface area contributed by atoms with E-state index in [1.807, 2.05) is 0 Å². The highest BCUT2D eigenvalue weighted by Gasteiger charge is 2.34. The van der Waals surface area contributed by atoms with E-state index in [-0.39, 0.29) is 23.6 Å². The van der Waals surface area contributed by atoms with E-state index in [1.165, 1.54) is 4.31 Å². The van der Waals surface area contributed by atoms with Crippen LogP contribution in [0.3, 0.4) is 0 Å². The van der Waals surface area contributed by atoms with Gasteiger partial charge in [-0.15, -0.1) is 0 Å². The Balaban J connectivity index is 2.81. The summed E-state index contributed by atoms with van der Waals surface area (Å²) in [4.78, 5) is 0. The van der Waals surface area contributed by atoms with Gasteiger partial charge in [0.2, 0.25) is 10.0 Å². The maximum atomic E-state index is 12.2. The van der Waals surface area contributed by atoms with Crippen molar-refractivity contribution in [1.29, 1.82) is 0 Å². The molecule has 0 aromatic heterocycles. The molecule has 8 heteroatoms. The summed E-state index contributed by atoms with van der Waals surface area (Å²) in [7, 11) is -6.81. The second-order valence-corrected chi connectivity index (χ2v) is 9.28. The first-order chi connectivity index (χ1) is 8.13. The van der Waals surface area contributed by atoms with Crippen LogP contribution in [0.15, 0.2) is 0 Å². The second kappa shape index (κ2) is 5.85. The number of sulfonamides is 1. The molecule has 0 aromatic carbocycles. The number of hydrogen-bond donors (Lipinski definition) is 1. The molecule has 0 saturated carbocycles. The summed E-state index contributed by atoms with van der Waals surface area (Å²) in [6.45, 7) is 2.23.